The van der Waals surface area contributed by atoms with Gasteiger partial charge in [-0.15, -0.1) is 0 Å². The van der Waals surface area contributed by atoms with Crippen molar-refractivity contribution in [2.24, 2.45) is 5.41 Å². The van der Waals surface area contributed by atoms with Crippen LogP contribution in [0.1, 0.15) is 30.9 Å². The van der Waals surface area contributed by atoms with Crippen molar-refractivity contribution in [3.63, 3.8) is 0 Å². The molecule has 1 aromatic carbocycles. The summed E-state index contributed by atoms with van der Waals surface area (Å²) >= 11 is 0. The smallest absolute Gasteiger partial charge is 0.229 e. The molecule has 0 aliphatic carbocycles. The molecule has 1 amide bonds. The van der Waals surface area contributed by atoms with E-state index in [1.54, 1.807) is 11.9 Å². The Morgan fingerprint density at radius 2 is 2.33 bits per heavy atom. The van der Waals surface area contributed by atoms with Crippen molar-refractivity contribution in [3.05, 3.63) is 35.1 Å². The Morgan fingerprint density at radius 3 is 2.95 bits per heavy atom. The molecule has 1 atom stereocenters. The molecule has 21 heavy (non-hydrogen) atoms. The maximum Gasteiger partial charge on any atom is 0.229 e. The molecule has 0 spiro atoms. The fourth-order valence-electron chi connectivity index (χ4n) is 2.79. The third-order valence-corrected chi connectivity index (χ3v) is 4.04. The lowest BCUT2D eigenvalue weighted by Crippen LogP contribution is -2.49. The van der Waals surface area contributed by atoms with Gasteiger partial charge in [0.1, 0.15) is 5.82 Å². The normalized spacial score (nSPS) is 21.6. The first kappa shape index (κ1) is 15.5. The van der Waals surface area contributed by atoms with Gasteiger partial charge in [0.25, 0.3) is 0 Å². The first-order valence-electron chi connectivity index (χ1n) is 7.11. The second-order valence-electron chi connectivity index (χ2n) is 5.92. The minimum Gasteiger partial charge on any atom is -0.341 e. The van der Waals surface area contributed by atoms with Gasteiger partial charge in [-0.1, -0.05) is 0 Å². The van der Waals surface area contributed by atoms with Crippen LogP contribution in [0.15, 0.2) is 18.2 Å². The number of carbonyl (C=O) groups excluding carboxylic acids is 1. The molecule has 1 aliphatic rings. The first-order chi connectivity index (χ1) is 9.96. The lowest BCUT2D eigenvalue weighted by Gasteiger charge is -2.36. The molecule has 1 saturated heterocycles. The molecule has 1 unspecified atom stereocenters. The molecule has 0 radical (unpaired) electrons. The number of hydrogen-bond donors (Lipinski definition) is 1. The van der Waals surface area contributed by atoms with Crippen LogP contribution in [0.4, 0.5) is 4.39 Å². The Kier molecular flexibility index (Phi) is 4.59. The van der Waals surface area contributed by atoms with Gasteiger partial charge < -0.3 is 10.2 Å². The Morgan fingerprint density at radius 1 is 1.57 bits per heavy atom. The number of halogens is 1. The second-order valence-corrected chi connectivity index (χ2v) is 5.92. The number of amides is 1. The Bertz CT molecular complexity index is 573. The number of carbonyl (C=O) groups is 1. The highest BCUT2D eigenvalue weighted by Gasteiger charge is 2.36. The van der Waals surface area contributed by atoms with Crippen LogP contribution in [0.2, 0.25) is 0 Å². The monoisotopic (exact) mass is 289 g/mol. The van der Waals surface area contributed by atoms with Crippen LogP contribution >= 0.6 is 0 Å². The summed E-state index contributed by atoms with van der Waals surface area (Å²) < 4.78 is 13.8. The summed E-state index contributed by atoms with van der Waals surface area (Å²) in [5, 5.41) is 12.1. The van der Waals surface area contributed by atoms with Crippen molar-refractivity contribution in [2.75, 3.05) is 20.1 Å². The van der Waals surface area contributed by atoms with Crippen LogP contribution in [-0.4, -0.2) is 30.9 Å². The van der Waals surface area contributed by atoms with Gasteiger partial charge in [-0.05, 0) is 44.5 Å². The van der Waals surface area contributed by atoms with Crippen LogP contribution in [-0.2, 0) is 11.3 Å². The zero-order chi connectivity index (χ0) is 15.5. The number of benzene rings is 1. The van der Waals surface area contributed by atoms with Crippen LogP contribution in [0.5, 0.6) is 0 Å². The first-order valence-corrected chi connectivity index (χ1v) is 7.11. The van der Waals surface area contributed by atoms with Crippen LogP contribution in [0.25, 0.3) is 0 Å². The molecule has 0 aromatic heterocycles. The van der Waals surface area contributed by atoms with Gasteiger partial charge in [-0.2, -0.15) is 5.26 Å². The number of nitriles is 1. The molecule has 112 valence electrons. The topological polar surface area (TPSA) is 56.1 Å². The lowest BCUT2D eigenvalue weighted by molar-refractivity contribution is -0.141. The molecule has 1 heterocycles. The molecule has 1 aromatic rings. The summed E-state index contributed by atoms with van der Waals surface area (Å²) in [6.45, 7) is 3.71. The number of nitrogens with one attached hydrogen (secondary N) is 1. The molecule has 4 nitrogen and oxygen atoms in total. The summed E-state index contributed by atoms with van der Waals surface area (Å²) in [4.78, 5) is 14.1. The predicted octanol–water partition coefficient (Wildman–Crippen LogP) is 2.05. The van der Waals surface area contributed by atoms with Gasteiger partial charge >= 0.3 is 0 Å². The van der Waals surface area contributed by atoms with E-state index < -0.39 is 5.41 Å². The predicted molar refractivity (Wildman–Crippen MR) is 77.8 cm³/mol. The molecular formula is C16H20FN3O. The van der Waals surface area contributed by atoms with Gasteiger partial charge in [0.15, 0.2) is 0 Å². The largest absolute Gasteiger partial charge is 0.341 e. The van der Waals surface area contributed by atoms with E-state index in [-0.39, 0.29) is 18.3 Å². The average Bonchev–Trinajstić information content (AvgIpc) is 2.49. The van der Waals surface area contributed by atoms with Gasteiger partial charge in [0.2, 0.25) is 5.91 Å². The van der Waals surface area contributed by atoms with Crippen molar-refractivity contribution in [3.8, 4) is 6.07 Å². The fraction of sp³-hybridized carbons (Fsp3) is 0.500. The third kappa shape index (κ3) is 3.40. The summed E-state index contributed by atoms with van der Waals surface area (Å²) in [6.07, 6.45) is 1.80. The second kappa shape index (κ2) is 6.23. The van der Waals surface area contributed by atoms with E-state index >= 15 is 0 Å². The summed E-state index contributed by atoms with van der Waals surface area (Å²) in [6, 6.07) is 6.20. The number of hydrogen-bond acceptors (Lipinski definition) is 3. The van der Waals surface area contributed by atoms with Crippen LogP contribution < -0.4 is 5.32 Å². The van der Waals surface area contributed by atoms with Gasteiger partial charge in [0, 0.05) is 25.7 Å². The van der Waals surface area contributed by atoms with Crippen LogP contribution in [0, 0.1) is 22.6 Å². The van der Waals surface area contributed by atoms with E-state index in [0.29, 0.717) is 17.7 Å². The molecule has 0 bridgehead atoms. The Balaban J connectivity index is 2.12. The Labute approximate surface area is 124 Å². The molecule has 2 rings (SSSR count). The average molecular weight is 289 g/mol. The highest BCUT2D eigenvalue weighted by molar-refractivity contribution is 5.82. The van der Waals surface area contributed by atoms with Gasteiger partial charge in [-0.3, -0.25) is 4.79 Å². The highest BCUT2D eigenvalue weighted by Crippen LogP contribution is 2.28. The summed E-state index contributed by atoms with van der Waals surface area (Å²) in [5.41, 5.74) is 0.339. The molecule has 1 fully saturated rings. The molecular weight excluding hydrogens is 269 g/mol. The maximum absolute atomic E-state index is 13.8. The standard InChI is InChI=1S/C16H20FN3O/c1-16(6-3-7-19-11-16)15(21)20(2)10-13-8-12(9-18)4-5-14(13)17/h4-5,8,19H,3,6-7,10-11H2,1-2H3. The minimum absolute atomic E-state index is 0.0106. The lowest BCUT2D eigenvalue weighted by atomic mass is 9.81. The summed E-state index contributed by atoms with van der Waals surface area (Å²) in [5.74, 6) is -0.378. The number of nitrogens with zero attached hydrogens (tertiary/aromatic N) is 2. The fourth-order valence-corrected chi connectivity index (χ4v) is 2.79. The van der Waals surface area contributed by atoms with E-state index in [2.05, 4.69) is 5.32 Å². The molecule has 1 N–H and O–H groups in total. The van der Waals surface area contributed by atoms with Crippen molar-refractivity contribution in [1.29, 1.82) is 5.26 Å². The molecule has 0 saturated carbocycles. The van der Waals surface area contributed by atoms with E-state index in [0.717, 1.165) is 19.4 Å². The third-order valence-electron chi connectivity index (χ3n) is 4.04. The van der Waals surface area contributed by atoms with E-state index in [4.69, 9.17) is 5.26 Å². The highest BCUT2D eigenvalue weighted by atomic mass is 19.1. The van der Waals surface area contributed by atoms with E-state index in [1.165, 1.54) is 18.2 Å². The van der Waals surface area contributed by atoms with Crippen molar-refractivity contribution in [2.45, 2.75) is 26.3 Å². The Hall–Kier alpha value is -1.93. The van der Waals surface area contributed by atoms with Crippen molar-refractivity contribution >= 4 is 5.91 Å². The quantitative estimate of drug-likeness (QED) is 0.926. The zero-order valence-electron chi connectivity index (χ0n) is 12.4. The van der Waals surface area contributed by atoms with Crippen molar-refractivity contribution in [1.82, 2.24) is 10.2 Å². The van der Waals surface area contributed by atoms with E-state index in [1.807, 2.05) is 13.0 Å². The number of rotatable bonds is 3. The van der Waals surface area contributed by atoms with Crippen LogP contribution in [0.3, 0.4) is 0 Å². The summed E-state index contributed by atoms with van der Waals surface area (Å²) in [7, 11) is 1.68. The zero-order valence-corrected chi connectivity index (χ0v) is 12.4. The van der Waals surface area contributed by atoms with Gasteiger partial charge in [0.05, 0.1) is 17.0 Å². The van der Waals surface area contributed by atoms with E-state index in [9.17, 15) is 9.18 Å². The minimum atomic E-state index is -0.434. The van der Waals surface area contributed by atoms with Crippen molar-refractivity contribution < 1.29 is 9.18 Å². The van der Waals surface area contributed by atoms with Gasteiger partial charge in [-0.25, -0.2) is 4.39 Å². The SMILES string of the molecule is CN(Cc1cc(C#N)ccc1F)C(=O)C1(C)CCCNC1. The molecule has 1 aliphatic heterocycles. The number of piperidine rings is 1. The molecule has 5 heteroatoms. The maximum atomic E-state index is 13.8.